The molecule has 24 heavy (non-hydrogen) atoms. The average molecular weight is 344 g/mol. The van der Waals surface area contributed by atoms with Crippen molar-refractivity contribution in [1.29, 1.82) is 0 Å². The Morgan fingerprint density at radius 2 is 1.79 bits per heavy atom. The summed E-state index contributed by atoms with van der Waals surface area (Å²) in [4.78, 5) is 11.6. The van der Waals surface area contributed by atoms with Gasteiger partial charge in [-0.2, -0.15) is 0 Å². The Hall–Kier alpha value is -2.30. The second-order valence-electron chi connectivity index (χ2n) is 6.38. The lowest BCUT2D eigenvalue weighted by molar-refractivity contribution is 0.0686. The predicted octanol–water partition coefficient (Wildman–Crippen LogP) is 4.27. The number of hydrogen-bond donors (Lipinski definition) is 2. The Morgan fingerprint density at radius 1 is 1.12 bits per heavy atom. The van der Waals surface area contributed by atoms with Gasteiger partial charge in [-0.1, -0.05) is 41.9 Å². The summed E-state index contributed by atoms with van der Waals surface area (Å²) in [5.41, 5.74) is 1.86. The van der Waals surface area contributed by atoms with Crippen molar-refractivity contribution in [3.05, 3.63) is 70.4 Å². The molecular formula is C19H18ClNO3. The summed E-state index contributed by atoms with van der Waals surface area (Å²) in [6.45, 7) is 3.87. The summed E-state index contributed by atoms with van der Waals surface area (Å²) in [6.07, 6.45) is 0. The van der Waals surface area contributed by atoms with Crippen molar-refractivity contribution in [3.8, 4) is 0 Å². The molecule has 124 valence electrons. The highest BCUT2D eigenvalue weighted by Crippen LogP contribution is 2.26. The van der Waals surface area contributed by atoms with Crippen molar-refractivity contribution in [2.45, 2.75) is 26.0 Å². The normalized spacial score (nSPS) is 11.8. The molecule has 1 heterocycles. The second kappa shape index (κ2) is 5.96. The third-order valence-corrected chi connectivity index (χ3v) is 4.32. The largest absolute Gasteiger partial charge is 0.477 e. The summed E-state index contributed by atoms with van der Waals surface area (Å²) in [6, 6.07) is 14.5. The number of halogens is 1. The number of rotatable bonds is 4. The number of benzene rings is 2. The Morgan fingerprint density at radius 3 is 2.38 bits per heavy atom. The maximum atomic E-state index is 11.6. The molecule has 1 aromatic heterocycles. The topological polar surface area (TPSA) is 62.5 Å². The number of carboxylic acids is 1. The van der Waals surface area contributed by atoms with E-state index in [-0.39, 0.29) is 5.69 Å². The Bertz CT molecular complexity index is 905. The molecule has 3 rings (SSSR count). The molecule has 0 saturated carbocycles. The third kappa shape index (κ3) is 3.16. The zero-order valence-electron chi connectivity index (χ0n) is 13.5. The lowest BCUT2D eigenvalue weighted by Gasteiger charge is -2.18. The molecule has 0 unspecified atom stereocenters. The summed E-state index contributed by atoms with van der Waals surface area (Å²) in [7, 11) is 0. The van der Waals surface area contributed by atoms with Gasteiger partial charge in [0.2, 0.25) is 0 Å². The third-order valence-electron chi connectivity index (χ3n) is 4.09. The van der Waals surface area contributed by atoms with Crippen LogP contribution in [0.25, 0.3) is 10.9 Å². The molecular weight excluding hydrogens is 326 g/mol. The van der Waals surface area contributed by atoms with Gasteiger partial charge >= 0.3 is 5.97 Å². The molecule has 0 radical (unpaired) electrons. The van der Waals surface area contributed by atoms with Crippen LogP contribution in [0.1, 0.15) is 35.5 Å². The van der Waals surface area contributed by atoms with Crippen LogP contribution >= 0.6 is 11.6 Å². The number of fused-ring (bicyclic) bond motifs is 1. The fourth-order valence-electron chi connectivity index (χ4n) is 2.78. The van der Waals surface area contributed by atoms with E-state index in [1.54, 1.807) is 36.6 Å². The number of hydrogen-bond acceptors (Lipinski definition) is 2. The summed E-state index contributed by atoms with van der Waals surface area (Å²) < 4.78 is 1.74. The van der Waals surface area contributed by atoms with E-state index in [1.165, 1.54) is 0 Å². The SMILES string of the molecule is CC(C)(O)c1ccc(Cn2c(C(=O)O)cc3ccc(Cl)cc32)cc1. The van der Waals surface area contributed by atoms with E-state index in [1.807, 2.05) is 30.3 Å². The molecule has 3 aromatic rings. The first-order chi connectivity index (χ1) is 11.3. The summed E-state index contributed by atoms with van der Waals surface area (Å²) >= 11 is 6.06. The average Bonchev–Trinajstić information content (AvgIpc) is 2.85. The van der Waals surface area contributed by atoms with E-state index in [0.29, 0.717) is 11.6 Å². The molecule has 2 aromatic carbocycles. The minimum atomic E-state index is -0.976. The molecule has 0 bridgehead atoms. The number of aromatic nitrogens is 1. The van der Waals surface area contributed by atoms with Gasteiger partial charge in [-0.25, -0.2) is 4.79 Å². The lowest BCUT2D eigenvalue weighted by Crippen LogP contribution is -2.15. The van der Waals surface area contributed by atoms with Crippen LogP contribution in [0.3, 0.4) is 0 Å². The van der Waals surface area contributed by atoms with Crippen LogP contribution in [0.15, 0.2) is 48.5 Å². The second-order valence-corrected chi connectivity index (χ2v) is 6.82. The molecule has 5 heteroatoms. The summed E-state index contributed by atoms with van der Waals surface area (Å²) in [5.74, 6) is -0.976. The van der Waals surface area contributed by atoms with Crippen molar-refractivity contribution < 1.29 is 15.0 Å². The molecule has 0 aliphatic rings. The van der Waals surface area contributed by atoms with Crippen LogP contribution in [0.4, 0.5) is 0 Å². The lowest BCUT2D eigenvalue weighted by atomic mass is 9.97. The van der Waals surface area contributed by atoms with Gasteiger partial charge in [0.25, 0.3) is 0 Å². The van der Waals surface area contributed by atoms with Crippen molar-refractivity contribution in [1.82, 2.24) is 4.57 Å². The van der Waals surface area contributed by atoms with Crippen LogP contribution in [0, 0.1) is 0 Å². The standard InChI is InChI=1S/C19H18ClNO3/c1-19(2,24)14-6-3-12(4-7-14)11-21-16-10-15(20)8-5-13(16)9-17(21)18(22)23/h3-10,24H,11H2,1-2H3,(H,22,23). The first-order valence-electron chi connectivity index (χ1n) is 7.59. The van der Waals surface area contributed by atoms with Gasteiger partial charge in [-0.3, -0.25) is 0 Å². The van der Waals surface area contributed by atoms with E-state index >= 15 is 0 Å². The van der Waals surface area contributed by atoms with Crippen molar-refractivity contribution in [3.63, 3.8) is 0 Å². The molecule has 0 atom stereocenters. The van der Waals surface area contributed by atoms with Gasteiger partial charge in [0.05, 0.1) is 11.1 Å². The maximum absolute atomic E-state index is 11.6. The first-order valence-corrected chi connectivity index (χ1v) is 7.97. The quantitative estimate of drug-likeness (QED) is 0.743. The van der Waals surface area contributed by atoms with Crippen molar-refractivity contribution >= 4 is 28.5 Å². The van der Waals surface area contributed by atoms with Gasteiger partial charge in [-0.05, 0) is 43.2 Å². The molecule has 0 saturated heterocycles. The smallest absolute Gasteiger partial charge is 0.352 e. The fraction of sp³-hybridized carbons (Fsp3) is 0.211. The van der Waals surface area contributed by atoms with Crippen LogP contribution in [0.5, 0.6) is 0 Å². The van der Waals surface area contributed by atoms with Crippen LogP contribution in [-0.4, -0.2) is 20.7 Å². The fourth-order valence-corrected chi connectivity index (χ4v) is 2.94. The van der Waals surface area contributed by atoms with Gasteiger partial charge in [-0.15, -0.1) is 0 Å². The zero-order chi connectivity index (χ0) is 17.5. The van der Waals surface area contributed by atoms with E-state index < -0.39 is 11.6 Å². The van der Waals surface area contributed by atoms with Crippen LogP contribution < -0.4 is 0 Å². The van der Waals surface area contributed by atoms with E-state index in [4.69, 9.17) is 11.6 Å². The Labute approximate surface area is 144 Å². The molecule has 0 fully saturated rings. The molecule has 0 aliphatic carbocycles. The molecule has 2 N–H and O–H groups in total. The van der Waals surface area contributed by atoms with Crippen LogP contribution in [-0.2, 0) is 12.1 Å². The maximum Gasteiger partial charge on any atom is 0.352 e. The van der Waals surface area contributed by atoms with Crippen molar-refractivity contribution in [2.24, 2.45) is 0 Å². The highest BCUT2D eigenvalue weighted by molar-refractivity contribution is 6.31. The van der Waals surface area contributed by atoms with E-state index in [9.17, 15) is 15.0 Å². The predicted molar refractivity (Wildman–Crippen MR) is 94.7 cm³/mol. The minimum absolute atomic E-state index is 0.221. The minimum Gasteiger partial charge on any atom is -0.477 e. The first kappa shape index (κ1) is 16.6. The Balaban J connectivity index is 2.04. The van der Waals surface area contributed by atoms with Gasteiger partial charge < -0.3 is 14.8 Å². The van der Waals surface area contributed by atoms with Crippen molar-refractivity contribution in [2.75, 3.05) is 0 Å². The number of nitrogens with zero attached hydrogens (tertiary/aromatic N) is 1. The number of carbonyl (C=O) groups is 1. The molecule has 0 aliphatic heterocycles. The molecule has 0 amide bonds. The number of aromatic carboxylic acids is 1. The highest BCUT2D eigenvalue weighted by atomic mass is 35.5. The molecule has 0 spiro atoms. The number of carboxylic acid groups (broad SMARTS) is 1. The number of aliphatic hydroxyl groups is 1. The van der Waals surface area contributed by atoms with Gasteiger partial charge in [0.1, 0.15) is 5.69 Å². The van der Waals surface area contributed by atoms with Gasteiger partial charge in [0.15, 0.2) is 0 Å². The van der Waals surface area contributed by atoms with Gasteiger partial charge in [0, 0.05) is 17.0 Å². The van der Waals surface area contributed by atoms with Crippen LogP contribution in [0.2, 0.25) is 5.02 Å². The van der Waals surface area contributed by atoms with E-state index in [0.717, 1.165) is 22.0 Å². The Kier molecular flexibility index (Phi) is 4.11. The summed E-state index contributed by atoms with van der Waals surface area (Å²) in [5, 5.41) is 20.9. The van der Waals surface area contributed by atoms with E-state index in [2.05, 4.69) is 0 Å². The highest BCUT2D eigenvalue weighted by Gasteiger charge is 2.17. The zero-order valence-corrected chi connectivity index (χ0v) is 14.2. The monoisotopic (exact) mass is 343 g/mol. The molecule has 4 nitrogen and oxygen atoms in total.